The lowest BCUT2D eigenvalue weighted by molar-refractivity contribution is 0.0699. The topological polar surface area (TPSA) is 110 Å². The van der Waals surface area contributed by atoms with E-state index in [-0.39, 0.29) is 11.8 Å². The van der Waals surface area contributed by atoms with Gasteiger partial charge in [-0.15, -0.1) is 0 Å². The smallest absolute Gasteiger partial charge is 0.274 e. The van der Waals surface area contributed by atoms with E-state index in [1.165, 1.54) is 12.4 Å². The van der Waals surface area contributed by atoms with Gasteiger partial charge in [-0.3, -0.25) is 14.8 Å². The molecule has 4 rings (SSSR count). The summed E-state index contributed by atoms with van der Waals surface area (Å²) in [5.41, 5.74) is 1.26. The first-order chi connectivity index (χ1) is 13.3. The number of hydrogen-bond acceptors (Lipinski definition) is 8. The number of anilines is 2. The van der Waals surface area contributed by atoms with Crippen LogP contribution in [-0.4, -0.2) is 53.8 Å². The molecule has 1 amide bonds. The Hall–Kier alpha value is -3.49. The van der Waals surface area contributed by atoms with E-state index in [0.29, 0.717) is 30.5 Å². The van der Waals surface area contributed by atoms with Gasteiger partial charge in [0.25, 0.3) is 5.91 Å². The number of rotatable bonds is 4. The minimum atomic E-state index is -0.0974. The van der Waals surface area contributed by atoms with Crippen LogP contribution in [0.15, 0.2) is 49.4 Å². The monoisotopic (exact) mass is 362 g/mol. The highest BCUT2D eigenvalue weighted by molar-refractivity contribution is 5.92. The number of carbonyl (C=O) groups is 1. The fourth-order valence-corrected chi connectivity index (χ4v) is 3.11. The van der Waals surface area contributed by atoms with Crippen molar-refractivity contribution in [3.63, 3.8) is 0 Å². The number of piperidine rings is 1. The summed E-state index contributed by atoms with van der Waals surface area (Å²) >= 11 is 0. The van der Waals surface area contributed by atoms with Crippen molar-refractivity contribution >= 4 is 17.7 Å². The Morgan fingerprint density at radius 3 is 2.67 bits per heavy atom. The predicted molar refractivity (Wildman–Crippen MR) is 97.3 cm³/mol. The molecule has 136 valence electrons. The molecular weight excluding hydrogens is 344 g/mol. The fourth-order valence-electron chi connectivity index (χ4n) is 3.11. The lowest BCUT2D eigenvalue weighted by atomic mass is 9.94. The predicted octanol–water partition coefficient (Wildman–Crippen LogP) is 1.82. The highest BCUT2D eigenvalue weighted by atomic mass is 16.2. The summed E-state index contributed by atoms with van der Waals surface area (Å²) in [6.07, 6.45) is 13.0. The summed E-state index contributed by atoms with van der Waals surface area (Å²) in [5.74, 6) is 1.09. The summed E-state index contributed by atoms with van der Waals surface area (Å²) < 4.78 is 0. The van der Waals surface area contributed by atoms with E-state index in [9.17, 15) is 4.79 Å². The molecular formula is C18H18N8O. The Morgan fingerprint density at radius 2 is 1.89 bits per heavy atom. The Bertz CT molecular complexity index is 906. The van der Waals surface area contributed by atoms with Gasteiger partial charge in [-0.2, -0.15) is 0 Å². The Balaban J connectivity index is 1.48. The molecule has 0 bridgehead atoms. The van der Waals surface area contributed by atoms with Crippen molar-refractivity contribution in [2.45, 2.75) is 18.8 Å². The van der Waals surface area contributed by atoms with Gasteiger partial charge in [-0.25, -0.2) is 19.9 Å². The van der Waals surface area contributed by atoms with E-state index in [1.54, 1.807) is 31.0 Å². The number of nitrogens with one attached hydrogen (secondary N) is 1. The van der Waals surface area contributed by atoms with Crippen LogP contribution in [0.5, 0.6) is 0 Å². The second kappa shape index (κ2) is 7.81. The minimum absolute atomic E-state index is 0.0974. The zero-order valence-corrected chi connectivity index (χ0v) is 14.6. The molecule has 3 aromatic heterocycles. The Labute approximate surface area is 156 Å². The maximum absolute atomic E-state index is 12.6. The molecule has 0 unspecified atom stereocenters. The molecule has 0 aliphatic carbocycles. The van der Waals surface area contributed by atoms with E-state index < -0.39 is 0 Å². The highest BCUT2D eigenvalue weighted by Gasteiger charge is 2.27. The third-order valence-electron chi connectivity index (χ3n) is 4.39. The van der Waals surface area contributed by atoms with Gasteiger partial charge in [0.1, 0.15) is 5.69 Å². The second-order valence-electron chi connectivity index (χ2n) is 6.20. The zero-order chi connectivity index (χ0) is 18.5. The van der Waals surface area contributed by atoms with E-state index in [0.717, 1.165) is 18.5 Å². The molecule has 1 saturated heterocycles. The van der Waals surface area contributed by atoms with E-state index in [1.807, 2.05) is 11.0 Å². The molecule has 0 radical (unpaired) electrons. The van der Waals surface area contributed by atoms with Crippen molar-refractivity contribution in [1.29, 1.82) is 0 Å². The molecule has 0 aromatic carbocycles. The number of likely N-dealkylation sites (tertiary alicyclic amines) is 1. The quantitative estimate of drug-likeness (QED) is 0.748. The van der Waals surface area contributed by atoms with Crippen LogP contribution in [0.3, 0.4) is 0 Å². The van der Waals surface area contributed by atoms with Gasteiger partial charge >= 0.3 is 0 Å². The number of amides is 1. The van der Waals surface area contributed by atoms with Crippen molar-refractivity contribution in [2.24, 2.45) is 0 Å². The fraction of sp³-hybridized carbons (Fsp3) is 0.278. The van der Waals surface area contributed by atoms with Crippen LogP contribution < -0.4 is 5.32 Å². The molecule has 9 heteroatoms. The summed E-state index contributed by atoms with van der Waals surface area (Å²) in [4.78, 5) is 39.6. The van der Waals surface area contributed by atoms with Gasteiger partial charge in [-0.1, -0.05) is 0 Å². The summed E-state index contributed by atoms with van der Waals surface area (Å²) in [6, 6.07) is 1.89. The van der Waals surface area contributed by atoms with Crippen molar-refractivity contribution in [3.8, 4) is 0 Å². The number of hydrogen-bond donors (Lipinski definition) is 1. The van der Waals surface area contributed by atoms with E-state index >= 15 is 0 Å². The molecule has 0 spiro atoms. The van der Waals surface area contributed by atoms with E-state index in [4.69, 9.17) is 0 Å². The third kappa shape index (κ3) is 4.02. The van der Waals surface area contributed by atoms with Crippen LogP contribution in [0.25, 0.3) is 0 Å². The highest BCUT2D eigenvalue weighted by Crippen LogP contribution is 2.27. The van der Waals surface area contributed by atoms with Crippen LogP contribution >= 0.6 is 0 Å². The standard InChI is InChI=1S/C18H18N8O/c27-17(15-10-19-5-7-21-15)26-9-1-2-13(12-26)14-3-4-23-18(24-14)25-16-11-20-6-8-22-16/h3-8,10-11,13H,1-2,9,12H2,(H,22,23,24,25)/t13-/m0/s1. The lowest BCUT2D eigenvalue weighted by Gasteiger charge is -2.32. The maximum atomic E-state index is 12.6. The molecule has 27 heavy (non-hydrogen) atoms. The molecule has 1 atom stereocenters. The van der Waals surface area contributed by atoms with Crippen molar-refractivity contribution in [3.05, 3.63) is 60.8 Å². The molecule has 1 aliphatic rings. The molecule has 3 aromatic rings. The largest absolute Gasteiger partial charge is 0.337 e. The minimum Gasteiger partial charge on any atom is -0.337 e. The van der Waals surface area contributed by atoms with Crippen LogP contribution in [-0.2, 0) is 0 Å². The van der Waals surface area contributed by atoms with Crippen LogP contribution in [0.1, 0.15) is 34.9 Å². The van der Waals surface area contributed by atoms with Crippen LogP contribution in [0, 0.1) is 0 Å². The average Bonchev–Trinajstić information content (AvgIpc) is 2.75. The molecule has 0 saturated carbocycles. The van der Waals surface area contributed by atoms with Crippen LogP contribution in [0.2, 0.25) is 0 Å². The van der Waals surface area contributed by atoms with Gasteiger partial charge in [0.2, 0.25) is 5.95 Å². The SMILES string of the molecule is O=C(c1cnccn1)N1CCC[C@H](c2ccnc(Nc3cnccn3)n2)C1. The number of carbonyl (C=O) groups excluding carboxylic acids is 1. The number of nitrogens with zero attached hydrogens (tertiary/aromatic N) is 7. The first kappa shape index (κ1) is 17.0. The maximum Gasteiger partial charge on any atom is 0.274 e. The molecule has 1 N–H and O–H groups in total. The van der Waals surface area contributed by atoms with Gasteiger partial charge in [0, 0.05) is 50.0 Å². The van der Waals surface area contributed by atoms with Crippen molar-refractivity contribution in [1.82, 2.24) is 34.8 Å². The first-order valence-corrected chi connectivity index (χ1v) is 8.71. The summed E-state index contributed by atoms with van der Waals surface area (Å²) in [7, 11) is 0. The van der Waals surface area contributed by atoms with E-state index in [2.05, 4.69) is 35.2 Å². The Morgan fingerprint density at radius 1 is 1.04 bits per heavy atom. The second-order valence-corrected chi connectivity index (χ2v) is 6.20. The third-order valence-corrected chi connectivity index (χ3v) is 4.39. The van der Waals surface area contributed by atoms with Crippen LogP contribution in [0.4, 0.5) is 11.8 Å². The summed E-state index contributed by atoms with van der Waals surface area (Å²) in [6.45, 7) is 1.30. The first-order valence-electron chi connectivity index (χ1n) is 8.71. The average molecular weight is 362 g/mol. The zero-order valence-electron chi connectivity index (χ0n) is 14.6. The van der Waals surface area contributed by atoms with Gasteiger partial charge in [0.05, 0.1) is 18.1 Å². The van der Waals surface area contributed by atoms with Gasteiger partial charge in [0.15, 0.2) is 5.82 Å². The number of aromatic nitrogens is 6. The summed E-state index contributed by atoms with van der Waals surface area (Å²) in [5, 5.41) is 3.05. The lowest BCUT2D eigenvalue weighted by Crippen LogP contribution is -2.39. The van der Waals surface area contributed by atoms with Gasteiger partial charge < -0.3 is 10.2 Å². The van der Waals surface area contributed by atoms with Gasteiger partial charge in [-0.05, 0) is 18.9 Å². The van der Waals surface area contributed by atoms with Crippen molar-refractivity contribution in [2.75, 3.05) is 18.4 Å². The Kier molecular flexibility index (Phi) is 4.91. The molecule has 1 aliphatic heterocycles. The normalized spacial score (nSPS) is 16.7. The van der Waals surface area contributed by atoms with Crippen molar-refractivity contribution < 1.29 is 4.79 Å². The molecule has 4 heterocycles. The molecule has 9 nitrogen and oxygen atoms in total. The molecule has 1 fully saturated rings.